The molecular weight excluding hydrogens is 352 g/mol. The molecule has 2 aromatic rings. The van der Waals surface area contributed by atoms with Gasteiger partial charge in [-0.15, -0.1) is 0 Å². The fourth-order valence-corrected chi connectivity index (χ4v) is 3.01. The summed E-state index contributed by atoms with van der Waals surface area (Å²) >= 11 is 30.1. The van der Waals surface area contributed by atoms with Gasteiger partial charge in [0.25, 0.3) is 0 Å². The maximum atomic E-state index is 13.9. The van der Waals surface area contributed by atoms with E-state index in [0.717, 1.165) is 5.56 Å². The van der Waals surface area contributed by atoms with Crippen LogP contribution in [0.3, 0.4) is 0 Å². The predicted octanol–water partition coefficient (Wildman–Crippen LogP) is 7.07. The van der Waals surface area contributed by atoms with Crippen LogP contribution in [0.4, 0.5) is 4.39 Å². The molecule has 0 atom stereocenters. The highest BCUT2D eigenvalue weighted by molar-refractivity contribution is 6.56. The molecule has 0 spiro atoms. The van der Waals surface area contributed by atoms with E-state index in [0.29, 0.717) is 0 Å². The standard InChI is InChI=1S/C13H6Cl5F/c1-5-2-3-7(19)6(4-5)8-9(14)11(16)13(18)12(17)10(8)15/h2-4H,1H3. The summed E-state index contributed by atoms with van der Waals surface area (Å²) in [6.45, 7) is 1.82. The molecule has 0 heterocycles. The lowest BCUT2D eigenvalue weighted by molar-refractivity contribution is 0.631. The van der Waals surface area contributed by atoms with Crippen LogP contribution < -0.4 is 0 Å². The van der Waals surface area contributed by atoms with Crippen LogP contribution in [0.1, 0.15) is 5.56 Å². The van der Waals surface area contributed by atoms with Gasteiger partial charge < -0.3 is 0 Å². The van der Waals surface area contributed by atoms with Crippen LogP contribution in [-0.4, -0.2) is 0 Å². The smallest absolute Gasteiger partial charge is 0.131 e. The molecule has 2 rings (SSSR count). The lowest BCUT2D eigenvalue weighted by Crippen LogP contribution is -1.91. The van der Waals surface area contributed by atoms with Crippen LogP contribution in [-0.2, 0) is 0 Å². The summed E-state index contributed by atoms with van der Waals surface area (Å²) in [5.41, 5.74) is 1.32. The van der Waals surface area contributed by atoms with Gasteiger partial charge in [-0.3, -0.25) is 0 Å². The van der Waals surface area contributed by atoms with E-state index in [2.05, 4.69) is 0 Å². The van der Waals surface area contributed by atoms with Crippen molar-refractivity contribution >= 4 is 58.0 Å². The fraction of sp³-hybridized carbons (Fsp3) is 0.0769. The predicted molar refractivity (Wildman–Crippen MR) is 81.6 cm³/mol. The molecule has 0 amide bonds. The molecule has 2 aromatic carbocycles. The highest BCUT2D eigenvalue weighted by Crippen LogP contribution is 2.48. The molecule has 0 bridgehead atoms. The average Bonchev–Trinajstić information content (AvgIpc) is 2.38. The average molecular weight is 358 g/mol. The normalized spacial score (nSPS) is 10.9. The first-order valence-corrected chi connectivity index (χ1v) is 7.01. The molecule has 0 saturated heterocycles. The van der Waals surface area contributed by atoms with Gasteiger partial charge in [0.05, 0.1) is 25.1 Å². The second-order valence-electron chi connectivity index (χ2n) is 3.93. The van der Waals surface area contributed by atoms with Crippen LogP contribution in [0, 0.1) is 12.7 Å². The largest absolute Gasteiger partial charge is 0.206 e. The third kappa shape index (κ3) is 2.68. The van der Waals surface area contributed by atoms with Crippen molar-refractivity contribution in [3.05, 3.63) is 54.7 Å². The van der Waals surface area contributed by atoms with E-state index >= 15 is 0 Å². The first kappa shape index (κ1) is 15.2. The zero-order chi connectivity index (χ0) is 14.3. The van der Waals surface area contributed by atoms with Gasteiger partial charge in [0.15, 0.2) is 0 Å². The van der Waals surface area contributed by atoms with Crippen molar-refractivity contribution in [1.82, 2.24) is 0 Å². The molecular formula is C13H6Cl5F. The minimum atomic E-state index is -0.469. The van der Waals surface area contributed by atoms with Gasteiger partial charge in [-0.25, -0.2) is 4.39 Å². The van der Waals surface area contributed by atoms with E-state index in [1.807, 2.05) is 6.92 Å². The number of rotatable bonds is 1. The summed E-state index contributed by atoms with van der Waals surface area (Å²) in [5.74, 6) is -0.469. The second-order valence-corrected chi connectivity index (χ2v) is 5.82. The van der Waals surface area contributed by atoms with Crippen molar-refractivity contribution in [2.75, 3.05) is 0 Å². The van der Waals surface area contributed by atoms with Crippen LogP contribution >= 0.6 is 58.0 Å². The molecule has 0 aliphatic rings. The Morgan fingerprint density at radius 2 is 1.26 bits per heavy atom. The zero-order valence-corrected chi connectivity index (χ0v) is 13.3. The Balaban J connectivity index is 2.87. The van der Waals surface area contributed by atoms with Gasteiger partial charge >= 0.3 is 0 Å². The van der Waals surface area contributed by atoms with Gasteiger partial charge in [0, 0.05) is 11.1 Å². The SMILES string of the molecule is Cc1ccc(F)c(-c2c(Cl)c(Cl)c(Cl)c(Cl)c2Cl)c1. The quantitative estimate of drug-likeness (QED) is 0.378. The monoisotopic (exact) mass is 356 g/mol. The minimum Gasteiger partial charge on any atom is -0.206 e. The molecule has 19 heavy (non-hydrogen) atoms. The Labute approximate surface area is 135 Å². The third-order valence-corrected chi connectivity index (χ3v) is 4.88. The summed E-state index contributed by atoms with van der Waals surface area (Å²) < 4.78 is 13.9. The number of aryl methyl sites for hydroxylation is 1. The number of halogens is 6. The molecule has 6 heteroatoms. The van der Waals surface area contributed by atoms with Crippen molar-refractivity contribution < 1.29 is 4.39 Å². The van der Waals surface area contributed by atoms with Crippen LogP contribution in [0.5, 0.6) is 0 Å². The van der Waals surface area contributed by atoms with E-state index in [4.69, 9.17) is 58.0 Å². The number of hydrogen-bond donors (Lipinski definition) is 0. The molecule has 0 fully saturated rings. The van der Waals surface area contributed by atoms with Gasteiger partial charge in [0.2, 0.25) is 0 Å². The third-order valence-electron chi connectivity index (χ3n) is 2.60. The highest BCUT2D eigenvalue weighted by Gasteiger charge is 2.22. The molecule has 0 unspecified atom stereocenters. The molecule has 0 aliphatic heterocycles. The van der Waals surface area contributed by atoms with Crippen LogP contribution in [0.2, 0.25) is 25.1 Å². The number of hydrogen-bond acceptors (Lipinski definition) is 0. The summed E-state index contributed by atoms with van der Waals surface area (Å²) in [6.07, 6.45) is 0. The molecule has 100 valence electrons. The maximum Gasteiger partial charge on any atom is 0.131 e. The molecule has 0 aromatic heterocycles. The van der Waals surface area contributed by atoms with Gasteiger partial charge in [-0.05, 0) is 19.1 Å². The van der Waals surface area contributed by atoms with Crippen molar-refractivity contribution in [1.29, 1.82) is 0 Å². The van der Waals surface area contributed by atoms with E-state index in [1.54, 1.807) is 12.1 Å². The van der Waals surface area contributed by atoms with Crippen LogP contribution in [0.25, 0.3) is 11.1 Å². The Hall–Kier alpha value is -0.180. The Morgan fingerprint density at radius 3 is 1.79 bits per heavy atom. The molecule has 0 aliphatic carbocycles. The first-order valence-electron chi connectivity index (χ1n) is 5.12. The van der Waals surface area contributed by atoms with Gasteiger partial charge in [-0.2, -0.15) is 0 Å². The maximum absolute atomic E-state index is 13.9. The molecule has 0 nitrogen and oxygen atoms in total. The van der Waals surface area contributed by atoms with Crippen molar-refractivity contribution in [3.8, 4) is 11.1 Å². The van der Waals surface area contributed by atoms with Crippen molar-refractivity contribution in [2.45, 2.75) is 6.92 Å². The van der Waals surface area contributed by atoms with E-state index < -0.39 is 5.82 Å². The zero-order valence-electron chi connectivity index (χ0n) is 9.50. The Kier molecular flexibility index (Phi) is 4.54. The van der Waals surface area contributed by atoms with E-state index in [9.17, 15) is 4.39 Å². The topological polar surface area (TPSA) is 0 Å². The fourth-order valence-electron chi connectivity index (χ4n) is 1.67. The lowest BCUT2D eigenvalue weighted by atomic mass is 10.0. The van der Waals surface area contributed by atoms with Crippen molar-refractivity contribution in [2.24, 2.45) is 0 Å². The van der Waals surface area contributed by atoms with Gasteiger partial charge in [0.1, 0.15) is 5.82 Å². The second kappa shape index (κ2) is 5.67. The first-order chi connectivity index (χ1) is 8.84. The highest BCUT2D eigenvalue weighted by atomic mass is 35.5. The summed E-state index contributed by atoms with van der Waals surface area (Å²) in [5, 5.41) is 0.300. The summed E-state index contributed by atoms with van der Waals surface area (Å²) in [7, 11) is 0. The molecule has 0 saturated carbocycles. The summed E-state index contributed by atoms with van der Waals surface area (Å²) in [4.78, 5) is 0. The van der Waals surface area contributed by atoms with Gasteiger partial charge in [-0.1, -0.05) is 69.6 Å². The summed E-state index contributed by atoms with van der Waals surface area (Å²) in [6, 6.07) is 4.58. The number of benzene rings is 2. The van der Waals surface area contributed by atoms with Crippen molar-refractivity contribution in [3.63, 3.8) is 0 Å². The van der Waals surface area contributed by atoms with E-state index in [-0.39, 0.29) is 36.2 Å². The minimum absolute atomic E-state index is 0.0497. The van der Waals surface area contributed by atoms with Crippen LogP contribution in [0.15, 0.2) is 18.2 Å². The Bertz CT molecular complexity index is 638. The van der Waals surface area contributed by atoms with E-state index in [1.165, 1.54) is 6.07 Å². The Morgan fingerprint density at radius 1 is 0.789 bits per heavy atom. The molecule has 0 radical (unpaired) electrons. The molecule has 0 N–H and O–H groups in total. The lowest BCUT2D eigenvalue weighted by Gasteiger charge is -2.13.